The summed E-state index contributed by atoms with van der Waals surface area (Å²) in [7, 11) is 0. The number of halogens is 1. The van der Waals surface area contributed by atoms with Crippen LogP contribution >= 0.6 is 12.4 Å². The van der Waals surface area contributed by atoms with Crippen LogP contribution in [0.25, 0.3) is 0 Å². The van der Waals surface area contributed by atoms with Gasteiger partial charge in [0.15, 0.2) is 5.69 Å². The maximum Gasteiger partial charge on any atom is 0.272 e. The molecule has 1 aliphatic rings. The Morgan fingerprint density at radius 1 is 1.42 bits per heavy atom. The van der Waals surface area contributed by atoms with Crippen LogP contribution in [0.3, 0.4) is 0 Å². The number of aromatic amines is 1. The van der Waals surface area contributed by atoms with Crippen molar-refractivity contribution in [1.29, 1.82) is 0 Å². The lowest BCUT2D eigenvalue weighted by molar-refractivity contribution is 0.0889. The van der Waals surface area contributed by atoms with Gasteiger partial charge in [0.2, 0.25) is 0 Å². The van der Waals surface area contributed by atoms with E-state index in [-0.39, 0.29) is 23.9 Å². The lowest BCUT2D eigenvalue weighted by atomic mass is 9.92. The largest absolute Gasteiger partial charge is 0.344 e. The Morgan fingerprint density at radius 2 is 2.11 bits per heavy atom. The van der Waals surface area contributed by atoms with E-state index in [2.05, 4.69) is 15.5 Å². The molecule has 0 bridgehead atoms. The van der Waals surface area contributed by atoms with Gasteiger partial charge in [-0.25, -0.2) is 0 Å². The van der Waals surface area contributed by atoms with Crippen molar-refractivity contribution in [3.8, 4) is 0 Å². The number of hydrogen-bond donors (Lipinski definition) is 3. The summed E-state index contributed by atoms with van der Waals surface area (Å²) in [4.78, 5) is 12.3. The molecule has 19 heavy (non-hydrogen) atoms. The quantitative estimate of drug-likeness (QED) is 0.768. The third-order valence-electron chi connectivity index (χ3n) is 4.14. The van der Waals surface area contributed by atoms with E-state index in [0.717, 1.165) is 43.4 Å². The molecule has 1 aromatic heterocycles. The molecule has 0 saturated heterocycles. The molecule has 108 valence electrons. The number of fused-ring (bicyclic) bond motifs is 1. The molecule has 0 aliphatic heterocycles. The Kier molecular flexibility index (Phi) is 5.38. The third kappa shape index (κ3) is 2.92. The molecule has 0 aromatic carbocycles. The van der Waals surface area contributed by atoms with Gasteiger partial charge < -0.3 is 11.1 Å². The van der Waals surface area contributed by atoms with E-state index in [1.165, 1.54) is 0 Å². The summed E-state index contributed by atoms with van der Waals surface area (Å²) in [5.74, 6) is -0.0939. The minimum Gasteiger partial charge on any atom is -0.344 e. The molecular weight excluding hydrogens is 264 g/mol. The molecule has 4 N–H and O–H groups in total. The van der Waals surface area contributed by atoms with Gasteiger partial charge in [0, 0.05) is 17.8 Å². The number of H-pyrrole nitrogens is 1. The summed E-state index contributed by atoms with van der Waals surface area (Å²) < 4.78 is 0. The van der Waals surface area contributed by atoms with Gasteiger partial charge in [-0.2, -0.15) is 5.10 Å². The molecule has 6 heteroatoms. The molecule has 5 nitrogen and oxygen atoms in total. The first kappa shape index (κ1) is 16.0. The summed E-state index contributed by atoms with van der Waals surface area (Å²) in [6.45, 7) is 4.55. The standard InChI is InChI=1S/C13H22N4O.ClH/c1-3-13(4-2,8-14)15-12(18)11-9-6-5-7-10(9)16-17-11;/h3-8,14H2,1-2H3,(H,15,18)(H,16,17);1H. The predicted molar refractivity (Wildman–Crippen MR) is 77.7 cm³/mol. The SMILES string of the molecule is CCC(CC)(CN)NC(=O)c1n[nH]c2c1CCC2.Cl. The van der Waals surface area contributed by atoms with Crippen molar-refractivity contribution >= 4 is 18.3 Å². The highest BCUT2D eigenvalue weighted by atomic mass is 35.5. The maximum atomic E-state index is 12.3. The highest BCUT2D eigenvalue weighted by Gasteiger charge is 2.30. The number of hydrogen-bond acceptors (Lipinski definition) is 3. The van der Waals surface area contributed by atoms with Crippen LogP contribution in [0.2, 0.25) is 0 Å². The minimum atomic E-state index is -0.304. The zero-order valence-corrected chi connectivity index (χ0v) is 12.4. The lowest BCUT2D eigenvalue weighted by Gasteiger charge is -2.31. The van der Waals surface area contributed by atoms with E-state index in [1.807, 2.05) is 13.8 Å². The smallest absolute Gasteiger partial charge is 0.272 e. The molecular formula is C13H23ClN4O. The fourth-order valence-electron chi connectivity index (χ4n) is 2.57. The Labute approximate surface area is 120 Å². The summed E-state index contributed by atoms with van der Waals surface area (Å²) in [5, 5.41) is 10.2. The number of aromatic nitrogens is 2. The van der Waals surface area contributed by atoms with Crippen molar-refractivity contribution < 1.29 is 4.79 Å². The van der Waals surface area contributed by atoms with Crippen molar-refractivity contribution in [2.75, 3.05) is 6.54 Å². The number of rotatable bonds is 5. The van der Waals surface area contributed by atoms with Crippen molar-refractivity contribution in [3.63, 3.8) is 0 Å². The van der Waals surface area contributed by atoms with Crippen LogP contribution in [0, 0.1) is 0 Å². The van der Waals surface area contributed by atoms with Crippen molar-refractivity contribution in [2.24, 2.45) is 5.73 Å². The van der Waals surface area contributed by atoms with E-state index in [9.17, 15) is 4.79 Å². The average molecular weight is 287 g/mol. The van der Waals surface area contributed by atoms with E-state index in [0.29, 0.717) is 12.2 Å². The fraction of sp³-hybridized carbons (Fsp3) is 0.692. The number of aryl methyl sites for hydroxylation is 1. The van der Waals surface area contributed by atoms with Crippen molar-refractivity contribution in [2.45, 2.75) is 51.5 Å². The highest BCUT2D eigenvalue weighted by molar-refractivity contribution is 5.94. The highest BCUT2D eigenvalue weighted by Crippen LogP contribution is 2.23. The summed E-state index contributed by atoms with van der Waals surface area (Å²) >= 11 is 0. The van der Waals surface area contributed by atoms with Crippen LogP contribution in [-0.2, 0) is 12.8 Å². The molecule has 1 aromatic rings. The monoisotopic (exact) mass is 286 g/mol. The predicted octanol–water partition coefficient (Wildman–Crippen LogP) is 1.57. The van der Waals surface area contributed by atoms with Crippen LogP contribution in [-0.4, -0.2) is 28.2 Å². The van der Waals surface area contributed by atoms with E-state index in [1.54, 1.807) is 0 Å². The molecule has 0 unspecified atom stereocenters. The second kappa shape index (κ2) is 6.39. The topological polar surface area (TPSA) is 83.8 Å². The van der Waals surface area contributed by atoms with Crippen LogP contribution in [0.15, 0.2) is 0 Å². The zero-order chi connectivity index (χ0) is 13.2. The van der Waals surface area contributed by atoms with Gasteiger partial charge in [-0.1, -0.05) is 13.8 Å². The molecule has 1 amide bonds. The van der Waals surface area contributed by atoms with Crippen LogP contribution in [0.1, 0.15) is 54.9 Å². The first-order valence-corrected chi connectivity index (χ1v) is 6.74. The second-order valence-electron chi connectivity index (χ2n) is 5.03. The van der Waals surface area contributed by atoms with E-state index >= 15 is 0 Å². The van der Waals surface area contributed by atoms with Gasteiger partial charge in [0.05, 0.1) is 5.54 Å². The van der Waals surface area contributed by atoms with E-state index < -0.39 is 0 Å². The van der Waals surface area contributed by atoms with Crippen LogP contribution in [0.4, 0.5) is 0 Å². The Morgan fingerprint density at radius 3 is 2.68 bits per heavy atom. The Hall–Kier alpha value is -1.07. The normalized spacial score (nSPS) is 13.8. The van der Waals surface area contributed by atoms with Crippen molar-refractivity contribution in [1.82, 2.24) is 15.5 Å². The molecule has 0 radical (unpaired) electrons. The van der Waals surface area contributed by atoms with Gasteiger partial charge in [0.25, 0.3) is 5.91 Å². The average Bonchev–Trinajstić information content (AvgIpc) is 2.98. The molecule has 1 aliphatic carbocycles. The number of nitrogens with two attached hydrogens (primary N) is 1. The summed E-state index contributed by atoms with van der Waals surface area (Å²) in [6, 6.07) is 0. The van der Waals surface area contributed by atoms with E-state index in [4.69, 9.17) is 5.73 Å². The number of carbonyl (C=O) groups excluding carboxylic acids is 1. The number of carbonyl (C=O) groups is 1. The Bertz CT molecular complexity index is 432. The fourth-order valence-corrected chi connectivity index (χ4v) is 2.57. The number of nitrogens with zero attached hydrogens (tertiary/aromatic N) is 1. The van der Waals surface area contributed by atoms with Crippen LogP contribution in [0.5, 0.6) is 0 Å². The number of amides is 1. The molecule has 2 rings (SSSR count). The second-order valence-corrected chi connectivity index (χ2v) is 5.03. The van der Waals surface area contributed by atoms with Gasteiger partial charge in [-0.05, 0) is 32.1 Å². The van der Waals surface area contributed by atoms with Gasteiger partial charge in [-0.3, -0.25) is 9.89 Å². The van der Waals surface area contributed by atoms with Crippen LogP contribution < -0.4 is 11.1 Å². The van der Waals surface area contributed by atoms with Gasteiger partial charge >= 0.3 is 0 Å². The third-order valence-corrected chi connectivity index (χ3v) is 4.14. The first-order valence-electron chi connectivity index (χ1n) is 6.74. The molecule has 0 spiro atoms. The zero-order valence-electron chi connectivity index (χ0n) is 11.6. The van der Waals surface area contributed by atoms with Crippen molar-refractivity contribution in [3.05, 3.63) is 17.0 Å². The number of nitrogens with one attached hydrogen (secondary N) is 2. The van der Waals surface area contributed by atoms with Gasteiger partial charge in [0.1, 0.15) is 0 Å². The first-order chi connectivity index (χ1) is 8.65. The Balaban J connectivity index is 0.00000180. The molecule has 0 atom stereocenters. The summed E-state index contributed by atoms with van der Waals surface area (Å²) in [6.07, 6.45) is 4.71. The minimum absolute atomic E-state index is 0. The summed E-state index contributed by atoms with van der Waals surface area (Å²) in [5.41, 5.74) is 8.26. The molecule has 1 heterocycles. The molecule has 0 saturated carbocycles. The maximum absolute atomic E-state index is 12.3. The molecule has 0 fully saturated rings. The van der Waals surface area contributed by atoms with Gasteiger partial charge in [-0.15, -0.1) is 12.4 Å². The lowest BCUT2D eigenvalue weighted by Crippen LogP contribution is -2.53.